The van der Waals surface area contributed by atoms with Crippen LogP contribution in [0.2, 0.25) is 0 Å². The number of rotatable bonds is 4. The third-order valence-corrected chi connectivity index (χ3v) is 9.80. The van der Waals surface area contributed by atoms with Crippen molar-refractivity contribution < 1.29 is 9.84 Å². The van der Waals surface area contributed by atoms with E-state index in [0.717, 1.165) is 45.1 Å². The zero-order chi connectivity index (χ0) is 21.9. The Hall–Kier alpha value is -1.30. The Bertz CT molecular complexity index is 891. The van der Waals surface area contributed by atoms with Gasteiger partial charge >= 0.3 is 0 Å². The van der Waals surface area contributed by atoms with Crippen LogP contribution in [0, 0.1) is 40.4 Å². The van der Waals surface area contributed by atoms with Crippen molar-refractivity contribution in [1.29, 1.82) is 0 Å². The predicted octanol–water partition coefficient (Wildman–Crippen LogP) is 6.37. The minimum Gasteiger partial charge on any atom is -0.393 e. The van der Waals surface area contributed by atoms with Crippen LogP contribution in [-0.2, 0) is 4.74 Å². The fraction of sp³-hybridized carbons (Fsp3) is 0.724. The van der Waals surface area contributed by atoms with Crippen LogP contribution in [0.1, 0.15) is 85.5 Å². The molecule has 31 heavy (non-hydrogen) atoms. The van der Waals surface area contributed by atoms with Crippen molar-refractivity contribution in [3.8, 4) is 11.8 Å². The van der Waals surface area contributed by atoms with Gasteiger partial charge in [0.2, 0.25) is 0 Å². The van der Waals surface area contributed by atoms with Crippen molar-refractivity contribution in [1.82, 2.24) is 0 Å². The number of ether oxygens (including phenoxy) is 1. The van der Waals surface area contributed by atoms with E-state index in [1.165, 1.54) is 24.8 Å². The predicted molar refractivity (Wildman–Crippen MR) is 126 cm³/mol. The van der Waals surface area contributed by atoms with Crippen LogP contribution in [-0.4, -0.2) is 23.4 Å². The van der Waals surface area contributed by atoms with Crippen LogP contribution in [0.25, 0.3) is 0 Å². The lowest BCUT2D eigenvalue weighted by atomic mass is 9.50. The Morgan fingerprint density at radius 3 is 2.68 bits per heavy atom. The molecule has 2 saturated carbocycles. The SMILES string of the molecule is CCC1(C#CCCC(C)C2=CCC3C4=CC=C5CC(O)CCC5(C)C4CCC23C)CO1. The molecule has 7 atom stereocenters. The highest BCUT2D eigenvalue weighted by molar-refractivity contribution is 5.42. The molecule has 2 nitrogen and oxygen atoms in total. The number of aliphatic hydroxyl groups is 1. The van der Waals surface area contributed by atoms with Gasteiger partial charge in [-0.05, 0) is 80.0 Å². The zero-order valence-electron chi connectivity index (χ0n) is 20.0. The van der Waals surface area contributed by atoms with Gasteiger partial charge in [0.05, 0.1) is 12.7 Å². The molecule has 0 bridgehead atoms. The van der Waals surface area contributed by atoms with Gasteiger partial charge in [-0.25, -0.2) is 0 Å². The van der Waals surface area contributed by atoms with Crippen LogP contribution in [0.15, 0.2) is 34.9 Å². The molecular weight excluding hydrogens is 380 g/mol. The van der Waals surface area contributed by atoms with Crippen molar-refractivity contribution in [2.45, 2.75) is 97.2 Å². The highest BCUT2D eigenvalue weighted by atomic mass is 16.6. The molecule has 0 spiro atoms. The van der Waals surface area contributed by atoms with Gasteiger partial charge in [0.1, 0.15) is 0 Å². The average Bonchev–Trinajstić information content (AvgIpc) is 3.44. The molecule has 0 amide bonds. The smallest absolute Gasteiger partial charge is 0.151 e. The van der Waals surface area contributed by atoms with E-state index in [1.807, 2.05) is 0 Å². The van der Waals surface area contributed by atoms with Crippen molar-refractivity contribution in [2.24, 2.45) is 28.6 Å². The largest absolute Gasteiger partial charge is 0.393 e. The molecule has 5 aliphatic rings. The van der Waals surface area contributed by atoms with Crippen LogP contribution >= 0.6 is 0 Å². The second-order valence-corrected chi connectivity index (χ2v) is 11.5. The lowest BCUT2D eigenvalue weighted by molar-refractivity contribution is 0.0616. The fourth-order valence-electron chi connectivity index (χ4n) is 7.49. The highest BCUT2D eigenvalue weighted by Gasteiger charge is 2.54. The summed E-state index contributed by atoms with van der Waals surface area (Å²) in [6.45, 7) is 10.4. The average molecular weight is 421 g/mol. The first-order chi connectivity index (χ1) is 14.8. The fourth-order valence-corrected chi connectivity index (χ4v) is 7.49. The van der Waals surface area contributed by atoms with E-state index in [0.29, 0.717) is 23.2 Å². The lowest BCUT2D eigenvalue weighted by Gasteiger charge is -2.54. The first kappa shape index (κ1) is 21.5. The molecule has 0 radical (unpaired) electrons. The summed E-state index contributed by atoms with van der Waals surface area (Å²) in [5.74, 6) is 8.75. The summed E-state index contributed by atoms with van der Waals surface area (Å²) in [5, 5.41) is 10.2. The Balaban J connectivity index is 1.30. The highest BCUT2D eigenvalue weighted by Crippen LogP contribution is 2.64. The van der Waals surface area contributed by atoms with E-state index in [4.69, 9.17) is 4.74 Å². The third kappa shape index (κ3) is 3.48. The number of aliphatic hydroxyl groups excluding tert-OH is 1. The van der Waals surface area contributed by atoms with E-state index in [1.54, 1.807) is 11.1 Å². The Morgan fingerprint density at radius 1 is 1.16 bits per heavy atom. The summed E-state index contributed by atoms with van der Waals surface area (Å²) in [6, 6.07) is 0. The quantitative estimate of drug-likeness (QED) is 0.326. The van der Waals surface area contributed by atoms with Crippen LogP contribution in [0.4, 0.5) is 0 Å². The van der Waals surface area contributed by atoms with Crippen LogP contribution in [0.3, 0.4) is 0 Å². The summed E-state index contributed by atoms with van der Waals surface area (Å²) in [6.07, 6.45) is 17.2. The molecule has 1 saturated heterocycles. The lowest BCUT2D eigenvalue weighted by Crippen LogP contribution is -2.45. The van der Waals surface area contributed by atoms with Crippen molar-refractivity contribution in [3.63, 3.8) is 0 Å². The Kier molecular flexibility index (Phi) is 5.31. The van der Waals surface area contributed by atoms with E-state index in [2.05, 4.69) is 57.8 Å². The van der Waals surface area contributed by atoms with E-state index < -0.39 is 0 Å². The maximum absolute atomic E-state index is 10.2. The first-order valence-corrected chi connectivity index (χ1v) is 12.7. The van der Waals surface area contributed by atoms with Gasteiger partial charge < -0.3 is 9.84 Å². The molecule has 1 aliphatic heterocycles. The molecule has 4 aliphatic carbocycles. The van der Waals surface area contributed by atoms with E-state index in [9.17, 15) is 5.11 Å². The molecule has 3 fully saturated rings. The summed E-state index contributed by atoms with van der Waals surface area (Å²) in [4.78, 5) is 0. The molecular formula is C29H40O2. The standard InChI is InChI=1S/C29H40O2/c1-5-29(19-31-29)15-7-6-8-20(2)24-11-12-25-23-10-9-21-18-22(30)13-16-27(21,3)26(23)14-17-28(24,25)4/h9-11,20,22,25-26,30H,5-6,8,12-14,16-19H2,1-4H3. The maximum atomic E-state index is 10.2. The molecule has 0 aromatic carbocycles. The number of fused-ring (bicyclic) bond motifs is 5. The monoisotopic (exact) mass is 420 g/mol. The number of allylic oxidation sites excluding steroid dienone is 5. The van der Waals surface area contributed by atoms with E-state index in [-0.39, 0.29) is 17.1 Å². The van der Waals surface area contributed by atoms with E-state index >= 15 is 0 Å². The molecule has 1 N–H and O–H groups in total. The number of hydrogen-bond acceptors (Lipinski definition) is 2. The molecule has 5 rings (SSSR count). The number of hydrogen-bond donors (Lipinski definition) is 1. The summed E-state index contributed by atoms with van der Waals surface area (Å²) in [5.41, 5.74) is 5.41. The van der Waals surface area contributed by atoms with Gasteiger partial charge in [0, 0.05) is 6.42 Å². The van der Waals surface area contributed by atoms with Crippen molar-refractivity contribution in [2.75, 3.05) is 6.61 Å². The molecule has 168 valence electrons. The summed E-state index contributed by atoms with van der Waals surface area (Å²) >= 11 is 0. The third-order valence-electron chi connectivity index (χ3n) is 9.80. The van der Waals surface area contributed by atoms with Gasteiger partial charge in [-0.2, -0.15) is 0 Å². The minimum atomic E-state index is -0.134. The number of epoxide rings is 1. The Morgan fingerprint density at radius 2 is 1.94 bits per heavy atom. The normalized spacial score (nSPS) is 43.9. The van der Waals surface area contributed by atoms with Gasteiger partial charge in [-0.1, -0.05) is 68.6 Å². The zero-order valence-corrected chi connectivity index (χ0v) is 20.0. The second kappa shape index (κ2) is 7.64. The van der Waals surface area contributed by atoms with Gasteiger partial charge in [-0.3, -0.25) is 0 Å². The molecule has 7 unspecified atom stereocenters. The summed E-state index contributed by atoms with van der Waals surface area (Å²) < 4.78 is 5.53. The van der Waals surface area contributed by atoms with Crippen LogP contribution < -0.4 is 0 Å². The molecule has 1 heterocycles. The van der Waals surface area contributed by atoms with Gasteiger partial charge in [-0.15, -0.1) is 5.92 Å². The molecule has 0 aromatic rings. The van der Waals surface area contributed by atoms with Gasteiger partial charge in [0.15, 0.2) is 5.60 Å². The molecule has 2 heteroatoms. The summed E-state index contributed by atoms with van der Waals surface area (Å²) in [7, 11) is 0. The maximum Gasteiger partial charge on any atom is 0.151 e. The molecule has 0 aromatic heterocycles. The van der Waals surface area contributed by atoms with Crippen LogP contribution in [0.5, 0.6) is 0 Å². The van der Waals surface area contributed by atoms with Crippen molar-refractivity contribution >= 4 is 0 Å². The Labute approximate surface area is 189 Å². The van der Waals surface area contributed by atoms with Crippen molar-refractivity contribution in [3.05, 3.63) is 34.9 Å². The second-order valence-electron chi connectivity index (χ2n) is 11.5. The van der Waals surface area contributed by atoms with Gasteiger partial charge in [0.25, 0.3) is 0 Å². The topological polar surface area (TPSA) is 32.8 Å². The first-order valence-electron chi connectivity index (χ1n) is 12.7. The minimum absolute atomic E-state index is 0.101.